The third kappa shape index (κ3) is 6.03. The van der Waals surface area contributed by atoms with E-state index in [2.05, 4.69) is 75.4 Å². The summed E-state index contributed by atoms with van der Waals surface area (Å²) in [6.45, 7) is 13.5. The Hall–Kier alpha value is -3.59. The number of nitrogens with zero attached hydrogens (tertiary/aromatic N) is 5. The number of ether oxygens (including phenoxy) is 1. The molecule has 2 saturated heterocycles. The number of hydrogen-bond donors (Lipinski definition) is 2. The Kier molecular flexibility index (Phi) is 8.23. The van der Waals surface area contributed by atoms with Gasteiger partial charge in [-0.2, -0.15) is 0 Å². The first-order valence-corrected chi connectivity index (χ1v) is 16.7. The molecule has 0 bridgehead atoms. The van der Waals surface area contributed by atoms with E-state index in [1.54, 1.807) is 0 Å². The number of nitrogens with one attached hydrogen (secondary N) is 2. The number of carbonyl (C=O) groups excluding carboxylic acids is 1. The van der Waals surface area contributed by atoms with Crippen LogP contribution in [0.5, 0.6) is 5.88 Å². The average molecular weight is 598 g/mol. The fourth-order valence-corrected chi connectivity index (χ4v) is 7.43. The number of amides is 1. The van der Waals surface area contributed by atoms with E-state index in [0.717, 1.165) is 98.6 Å². The first-order chi connectivity index (χ1) is 21.4. The van der Waals surface area contributed by atoms with Gasteiger partial charge in [0.25, 0.3) is 0 Å². The van der Waals surface area contributed by atoms with E-state index in [0.29, 0.717) is 24.8 Å². The van der Waals surface area contributed by atoms with E-state index in [1.807, 2.05) is 6.20 Å². The van der Waals surface area contributed by atoms with Crippen molar-refractivity contribution in [3.8, 4) is 5.88 Å². The molecule has 1 saturated carbocycles. The molecule has 2 aromatic rings. The van der Waals surface area contributed by atoms with Gasteiger partial charge in [-0.1, -0.05) is 25.5 Å². The summed E-state index contributed by atoms with van der Waals surface area (Å²) in [7, 11) is 0. The number of rotatable bonds is 6. The van der Waals surface area contributed by atoms with Gasteiger partial charge in [0, 0.05) is 56.6 Å². The molecular formula is C35H47N7O2. The lowest BCUT2D eigenvalue weighted by Gasteiger charge is -2.43. The molecule has 5 heterocycles. The summed E-state index contributed by atoms with van der Waals surface area (Å²) in [4.78, 5) is 30.1. The normalized spacial score (nSPS) is 24.1. The highest BCUT2D eigenvalue weighted by Crippen LogP contribution is 2.36. The second kappa shape index (κ2) is 12.4. The van der Waals surface area contributed by atoms with Gasteiger partial charge in [-0.25, -0.2) is 4.98 Å². The van der Waals surface area contributed by atoms with E-state index >= 15 is 0 Å². The van der Waals surface area contributed by atoms with E-state index < -0.39 is 0 Å². The van der Waals surface area contributed by atoms with Gasteiger partial charge in [-0.3, -0.25) is 14.7 Å². The summed E-state index contributed by atoms with van der Waals surface area (Å²) in [5.74, 6) is 1.39. The van der Waals surface area contributed by atoms with Crippen LogP contribution in [0.2, 0.25) is 0 Å². The van der Waals surface area contributed by atoms with Gasteiger partial charge in [0.05, 0.1) is 30.6 Å². The largest absolute Gasteiger partial charge is 0.474 e. The van der Waals surface area contributed by atoms with Crippen LogP contribution in [-0.2, 0) is 11.2 Å². The molecule has 7 rings (SSSR count). The lowest BCUT2D eigenvalue weighted by Crippen LogP contribution is -2.53. The topological polar surface area (TPSA) is 85.3 Å². The minimum atomic E-state index is -0.00892. The van der Waals surface area contributed by atoms with E-state index in [1.165, 1.54) is 30.4 Å². The molecule has 3 fully saturated rings. The van der Waals surface area contributed by atoms with Crippen LogP contribution in [0.15, 0.2) is 41.0 Å². The Labute approximate surface area is 261 Å². The molecule has 2 unspecified atom stereocenters. The minimum Gasteiger partial charge on any atom is -0.474 e. The molecule has 0 radical (unpaired) electrons. The van der Waals surface area contributed by atoms with Crippen LogP contribution in [-0.4, -0.2) is 91.0 Å². The molecule has 2 N–H and O–H groups in total. The number of anilines is 3. The van der Waals surface area contributed by atoms with Crippen molar-refractivity contribution < 1.29 is 9.53 Å². The third-order valence-corrected chi connectivity index (χ3v) is 10.3. The monoisotopic (exact) mass is 597 g/mol. The Balaban J connectivity index is 1.00. The molecule has 1 amide bonds. The zero-order chi connectivity index (χ0) is 30.2. The number of piperazine rings is 1. The van der Waals surface area contributed by atoms with E-state index in [4.69, 9.17) is 9.73 Å². The van der Waals surface area contributed by atoms with E-state index in [-0.39, 0.29) is 12.1 Å². The highest BCUT2D eigenvalue weighted by Gasteiger charge is 2.30. The molecule has 5 aliphatic rings. The molecule has 44 heavy (non-hydrogen) atoms. The average Bonchev–Trinajstić information content (AvgIpc) is 3.15. The van der Waals surface area contributed by atoms with Gasteiger partial charge < -0.3 is 25.2 Å². The maximum absolute atomic E-state index is 13.2. The molecule has 0 spiro atoms. The lowest BCUT2D eigenvalue weighted by atomic mass is 9.91. The van der Waals surface area contributed by atoms with Crippen molar-refractivity contribution in [2.75, 3.05) is 68.0 Å². The zero-order valence-corrected chi connectivity index (χ0v) is 26.6. The van der Waals surface area contributed by atoms with Gasteiger partial charge in [-0.05, 0) is 74.3 Å². The Morgan fingerprint density at radius 3 is 2.75 bits per heavy atom. The smallest absolute Gasteiger partial charge is 0.237 e. The third-order valence-electron chi connectivity index (χ3n) is 10.3. The number of aliphatic imine (C=N–C) groups is 1. The maximum atomic E-state index is 13.2. The Morgan fingerprint density at radius 2 is 1.98 bits per heavy atom. The highest BCUT2D eigenvalue weighted by atomic mass is 16.5. The number of carbonyl (C=O) groups is 1. The molecule has 1 aromatic heterocycles. The molecule has 9 heteroatoms. The molecule has 1 aromatic carbocycles. The first kappa shape index (κ1) is 29.1. The molecule has 1 aliphatic carbocycles. The SMILES string of the molecule is Cc1cc(NC2CC(C)C=C3CCN(c4cnc5c(c4C)NCCO5)CC3=N2)ccc1CC(=O)N1CCN(C2CCC2)CC1. The van der Waals surface area contributed by atoms with Crippen LogP contribution >= 0.6 is 0 Å². The molecule has 2 atom stereocenters. The summed E-state index contributed by atoms with van der Waals surface area (Å²) in [5, 5.41) is 7.20. The van der Waals surface area contributed by atoms with Crippen molar-refractivity contribution in [1.82, 2.24) is 14.8 Å². The maximum Gasteiger partial charge on any atom is 0.237 e. The van der Waals surface area contributed by atoms with Crippen molar-refractivity contribution in [2.45, 2.75) is 71.5 Å². The summed E-state index contributed by atoms with van der Waals surface area (Å²) in [5.41, 5.74) is 9.21. The molecule has 4 aliphatic heterocycles. The quantitative estimate of drug-likeness (QED) is 0.495. The van der Waals surface area contributed by atoms with Crippen LogP contribution in [0.3, 0.4) is 0 Å². The fourth-order valence-electron chi connectivity index (χ4n) is 7.43. The number of fused-ring (bicyclic) bond motifs is 2. The minimum absolute atomic E-state index is 0.00892. The highest BCUT2D eigenvalue weighted by molar-refractivity contribution is 6.05. The molecule has 9 nitrogen and oxygen atoms in total. The first-order valence-electron chi connectivity index (χ1n) is 16.7. The van der Waals surface area contributed by atoms with Crippen molar-refractivity contribution in [2.24, 2.45) is 10.9 Å². The van der Waals surface area contributed by atoms with Gasteiger partial charge >= 0.3 is 0 Å². The van der Waals surface area contributed by atoms with Crippen LogP contribution in [0, 0.1) is 19.8 Å². The number of pyridine rings is 1. The van der Waals surface area contributed by atoms with Gasteiger partial charge in [0.15, 0.2) is 0 Å². The predicted molar refractivity (Wildman–Crippen MR) is 177 cm³/mol. The van der Waals surface area contributed by atoms with Gasteiger partial charge in [0.1, 0.15) is 18.5 Å². The second-order valence-electron chi connectivity index (χ2n) is 13.4. The van der Waals surface area contributed by atoms with E-state index in [9.17, 15) is 4.79 Å². The number of aromatic nitrogens is 1. The fraction of sp³-hybridized carbons (Fsp3) is 0.571. The van der Waals surface area contributed by atoms with Crippen LogP contribution < -0.4 is 20.3 Å². The number of benzene rings is 1. The predicted octanol–water partition coefficient (Wildman–Crippen LogP) is 4.80. The number of allylic oxidation sites excluding steroid dienone is 1. The number of piperidine rings is 1. The van der Waals surface area contributed by atoms with Gasteiger partial charge in [-0.15, -0.1) is 0 Å². The Bertz CT molecular complexity index is 1460. The Morgan fingerprint density at radius 1 is 1.14 bits per heavy atom. The summed E-state index contributed by atoms with van der Waals surface area (Å²) >= 11 is 0. The number of aryl methyl sites for hydroxylation is 1. The van der Waals surface area contributed by atoms with Crippen molar-refractivity contribution >= 4 is 28.7 Å². The number of hydrogen-bond acceptors (Lipinski definition) is 8. The molecular weight excluding hydrogens is 550 g/mol. The summed E-state index contributed by atoms with van der Waals surface area (Å²) in [6.07, 6.45) is 10.8. The van der Waals surface area contributed by atoms with Crippen LogP contribution in [0.1, 0.15) is 55.7 Å². The summed E-state index contributed by atoms with van der Waals surface area (Å²) < 4.78 is 5.76. The van der Waals surface area contributed by atoms with Crippen LogP contribution in [0.25, 0.3) is 0 Å². The molecule has 234 valence electrons. The van der Waals surface area contributed by atoms with Crippen molar-refractivity contribution in [1.29, 1.82) is 0 Å². The van der Waals surface area contributed by atoms with Crippen molar-refractivity contribution in [3.05, 3.63) is 52.7 Å². The standard InChI is InChI=1S/C35H47N7O2/c1-23-17-27-9-11-42(31-21-37-35-34(25(31)3)36-10-16-44-35)22-30(27)39-32(18-23)38-28-8-7-26(24(2)19-28)20-33(43)41-14-12-40(13-15-41)29-5-4-6-29/h7-8,17,19,21,23,29,32,36,38H,4-6,9-16,18,20,22H2,1-3H3. The summed E-state index contributed by atoms with van der Waals surface area (Å²) in [6, 6.07) is 7.20. The van der Waals surface area contributed by atoms with Crippen LogP contribution in [0.4, 0.5) is 17.1 Å². The van der Waals surface area contributed by atoms with Gasteiger partial charge in [0.2, 0.25) is 11.8 Å². The lowest BCUT2D eigenvalue weighted by molar-refractivity contribution is -0.132. The van der Waals surface area contributed by atoms with Crippen molar-refractivity contribution in [3.63, 3.8) is 0 Å². The second-order valence-corrected chi connectivity index (χ2v) is 13.4. The zero-order valence-electron chi connectivity index (χ0n) is 26.6.